The Morgan fingerprint density at radius 1 is 1.08 bits per heavy atom. The van der Waals surface area contributed by atoms with Gasteiger partial charge >= 0.3 is 0 Å². The maximum Gasteiger partial charge on any atom is 0.291 e. The number of nitrogens with zero attached hydrogens (tertiary/aromatic N) is 1. The molecule has 3 aromatic rings. The summed E-state index contributed by atoms with van der Waals surface area (Å²) in [7, 11) is 0. The van der Waals surface area contributed by atoms with E-state index in [2.05, 4.69) is 15.6 Å². The number of carbonyl (C=O) groups is 2. The Hall–Kier alpha value is -2.93. The molecule has 0 fully saturated rings. The number of thiazole rings is 1. The van der Waals surface area contributed by atoms with E-state index in [1.807, 2.05) is 20.8 Å². The Morgan fingerprint density at radius 3 is 2.52 bits per heavy atom. The SMILES string of the molecule is Cc1ccc(C(=O)Nc2nc(C)c(C)s2)cc1NC(=O)c1ccco1. The van der Waals surface area contributed by atoms with E-state index in [0.717, 1.165) is 16.1 Å². The standard InChI is InChI=1S/C18H17N3O3S/c1-10-6-7-13(16(22)21-18-19-11(2)12(3)25-18)9-14(10)20-17(23)15-5-4-8-24-15/h4-9H,1-3H3,(H,20,23)(H,19,21,22). The number of furan rings is 1. The monoisotopic (exact) mass is 355 g/mol. The van der Waals surface area contributed by atoms with Gasteiger partial charge in [-0.3, -0.25) is 14.9 Å². The largest absolute Gasteiger partial charge is 0.459 e. The van der Waals surface area contributed by atoms with Gasteiger partial charge < -0.3 is 9.73 Å². The molecule has 0 aliphatic rings. The van der Waals surface area contributed by atoms with Crippen molar-refractivity contribution in [1.82, 2.24) is 4.98 Å². The van der Waals surface area contributed by atoms with Crippen molar-refractivity contribution in [3.8, 4) is 0 Å². The van der Waals surface area contributed by atoms with E-state index in [1.165, 1.54) is 17.6 Å². The number of nitrogens with one attached hydrogen (secondary N) is 2. The summed E-state index contributed by atoms with van der Waals surface area (Å²) in [4.78, 5) is 29.9. The summed E-state index contributed by atoms with van der Waals surface area (Å²) < 4.78 is 5.08. The summed E-state index contributed by atoms with van der Waals surface area (Å²) in [6, 6.07) is 8.35. The Bertz CT molecular complexity index is 910. The molecule has 25 heavy (non-hydrogen) atoms. The lowest BCUT2D eigenvalue weighted by molar-refractivity contribution is 0.0993. The predicted octanol–water partition coefficient (Wildman–Crippen LogP) is 4.17. The molecule has 0 saturated carbocycles. The molecule has 0 unspecified atom stereocenters. The Morgan fingerprint density at radius 2 is 1.88 bits per heavy atom. The summed E-state index contributed by atoms with van der Waals surface area (Å²) >= 11 is 1.43. The van der Waals surface area contributed by atoms with Crippen LogP contribution in [0.1, 0.15) is 37.0 Å². The third-order valence-electron chi connectivity index (χ3n) is 3.74. The fourth-order valence-electron chi connectivity index (χ4n) is 2.19. The summed E-state index contributed by atoms with van der Waals surface area (Å²) in [6.07, 6.45) is 1.43. The second-order valence-corrected chi connectivity index (χ2v) is 6.78. The zero-order valence-electron chi connectivity index (χ0n) is 14.0. The van der Waals surface area contributed by atoms with Gasteiger partial charge in [0.05, 0.1) is 12.0 Å². The lowest BCUT2D eigenvalue weighted by Crippen LogP contribution is -2.15. The average Bonchev–Trinajstić information content (AvgIpc) is 3.20. The lowest BCUT2D eigenvalue weighted by atomic mass is 10.1. The molecule has 0 aliphatic carbocycles. The molecule has 2 N–H and O–H groups in total. The van der Waals surface area contributed by atoms with E-state index in [4.69, 9.17) is 4.42 Å². The fraction of sp³-hybridized carbons (Fsp3) is 0.167. The first kappa shape index (κ1) is 16.9. The van der Waals surface area contributed by atoms with E-state index >= 15 is 0 Å². The molecule has 3 rings (SSSR count). The van der Waals surface area contributed by atoms with Crippen molar-refractivity contribution >= 4 is 34.0 Å². The fourth-order valence-corrected chi connectivity index (χ4v) is 2.99. The average molecular weight is 355 g/mol. The molecule has 2 amide bonds. The van der Waals surface area contributed by atoms with E-state index in [0.29, 0.717) is 16.4 Å². The van der Waals surface area contributed by atoms with Crippen molar-refractivity contribution in [1.29, 1.82) is 0 Å². The lowest BCUT2D eigenvalue weighted by Gasteiger charge is -2.09. The van der Waals surface area contributed by atoms with Crippen LogP contribution in [0.25, 0.3) is 0 Å². The predicted molar refractivity (Wildman–Crippen MR) is 97.4 cm³/mol. The van der Waals surface area contributed by atoms with Crippen molar-refractivity contribution in [2.24, 2.45) is 0 Å². The number of aromatic nitrogens is 1. The normalized spacial score (nSPS) is 10.5. The Labute approximate surface area is 148 Å². The first-order chi connectivity index (χ1) is 11.9. The Balaban J connectivity index is 1.78. The van der Waals surface area contributed by atoms with Gasteiger partial charge in [0.15, 0.2) is 10.9 Å². The van der Waals surface area contributed by atoms with Crippen LogP contribution < -0.4 is 10.6 Å². The van der Waals surface area contributed by atoms with Crippen molar-refractivity contribution in [2.45, 2.75) is 20.8 Å². The molecule has 0 spiro atoms. The number of anilines is 2. The van der Waals surface area contributed by atoms with Crippen molar-refractivity contribution in [3.05, 3.63) is 64.1 Å². The molecule has 0 aliphatic heterocycles. The maximum absolute atomic E-state index is 12.4. The van der Waals surface area contributed by atoms with Crippen LogP contribution in [-0.2, 0) is 0 Å². The number of amides is 2. The highest BCUT2D eigenvalue weighted by Crippen LogP contribution is 2.23. The molecule has 128 valence electrons. The molecule has 2 aromatic heterocycles. The van der Waals surface area contributed by atoms with Crippen LogP contribution in [0.4, 0.5) is 10.8 Å². The molecule has 0 atom stereocenters. The first-order valence-electron chi connectivity index (χ1n) is 7.65. The summed E-state index contributed by atoms with van der Waals surface area (Å²) in [5.41, 5.74) is 2.74. The molecule has 0 radical (unpaired) electrons. The second kappa shape index (κ2) is 6.90. The van der Waals surface area contributed by atoms with Gasteiger partial charge in [0.2, 0.25) is 0 Å². The molecular formula is C18H17N3O3S. The smallest absolute Gasteiger partial charge is 0.291 e. The highest BCUT2D eigenvalue weighted by molar-refractivity contribution is 7.15. The number of hydrogen-bond acceptors (Lipinski definition) is 5. The Kier molecular flexibility index (Phi) is 4.67. The number of aryl methyl sites for hydroxylation is 3. The van der Waals surface area contributed by atoms with Crippen LogP contribution in [0.3, 0.4) is 0 Å². The van der Waals surface area contributed by atoms with Crippen LogP contribution in [0.2, 0.25) is 0 Å². The highest BCUT2D eigenvalue weighted by atomic mass is 32.1. The van der Waals surface area contributed by atoms with Crippen LogP contribution in [0.5, 0.6) is 0 Å². The third-order valence-corrected chi connectivity index (χ3v) is 4.73. The zero-order valence-corrected chi connectivity index (χ0v) is 14.9. The number of benzene rings is 1. The molecule has 2 heterocycles. The minimum atomic E-state index is -0.364. The first-order valence-corrected chi connectivity index (χ1v) is 8.46. The molecular weight excluding hydrogens is 338 g/mol. The topological polar surface area (TPSA) is 84.2 Å². The van der Waals surface area contributed by atoms with Crippen molar-refractivity contribution in [2.75, 3.05) is 10.6 Å². The van der Waals surface area contributed by atoms with Gasteiger partial charge in [-0.05, 0) is 50.6 Å². The van der Waals surface area contributed by atoms with Gasteiger partial charge in [-0.15, -0.1) is 11.3 Å². The van der Waals surface area contributed by atoms with Crippen LogP contribution in [0, 0.1) is 20.8 Å². The molecule has 0 saturated heterocycles. The quantitative estimate of drug-likeness (QED) is 0.736. The van der Waals surface area contributed by atoms with Crippen molar-refractivity contribution in [3.63, 3.8) is 0 Å². The van der Waals surface area contributed by atoms with Gasteiger partial charge in [0, 0.05) is 16.1 Å². The van der Waals surface area contributed by atoms with Crippen LogP contribution in [0.15, 0.2) is 41.0 Å². The number of carbonyl (C=O) groups excluding carboxylic acids is 2. The van der Waals surface area contributed by atoms with Gasteiger partial charge in [0.25, 0.3) is 11.8 Å². The summed E-state index contributed by atoms with van der Waals surface area (Å²) in [6.45, 7) is 5.71. The van der Waals surface area contributed by atoms with E-state index in [1.54, 1.807) is 30.3 Å². The summed E-state index contributed by atoms with van der Waals surface area (Å²) in [5, 5.41) is 6.10. The summed E-state index contributed by atoms with van der Waals surface area (Å²) in [5.74, 6) is -0.429. The molecule has 0 bridgehead atoms. The molecule has 7 heteroatoms. The molecule has 6 nitrogen and oxygen atoms in total. The van der Waals surface area contributed by atoms with Crippen LogP contribution >= 0.6 is 11.3 Å². The number of rotatable bonds is 4. The third kappa shape index (κ3) is 3.77. The van der Waals surface area contributed by atoms with E-state index in [-0.39, 0.29) is 17.6 Å². The van der Waals surface area contributed by atoms with E-state index in [9.17, 15) is 9.59 Å². The minimum absolute atomic E-state index is 0.211. The maximum atomic E-state index is 12.4. The highest BCUT2D eigenvalue weighted by Gasteiger charge is 2.14. The van der Waals surface area contributed by atoms with Gasteiger partial charge in [0.1, 0.15) is 0 Å². The zero-order chi connectivity index (χ0) is 18.0. The van der Waals surface area contributed by atoms with E-state index < -0.39 is 0 Å². The van der Waals surface area contributed by atoms with Gasteiger partial charge in [-0.2, -0.15) is 0 Å². The molecule has 1 aromatic carbocycles. The second-order valence-electron chi connectivity index (χ2n) is 5.58. The van der Waals surface area contributed by atoms with Crippen LogP contribution in [-0.4, -0.2) is 16.8 Å². The van der Waals surface area contributed by atoms with Gasteiger partial charge in [-0.25, -0.2) is 4.98 Å². The number of hydrogen-bond donors (Lipinski definition) is 2. The van der Waals surface area contributed by atoms with Crippen molar-refractivity contribution < 1.29 is 14.0 Å². The minimum Gasteiger partial charge on any atom is -0.459 e. The van der Waals surface area contributed by atoms with Gasteiger partial charge in [-0.1, -0.05) is 6.07 Å².